The molecule has 0 amide bonds. The lowest BCUT2D eigenvalue weighted by Gasteiger charge is -2.23. The van der Waals surface area contributed by atoms with E-state index in [1.165, 1.54) is 13.2 Å². The third kappa shape index (κ3) is 4.62. The number of methoxy groups -OCH3 is 1. The van der Waals surface area contributed by atoms with E-state index in [1.54, 1.807) is 16.8 Å². The molecule has 0 radical (unpaired) electrons. The summed E-state index contributed by atoms with van der Waals surface area (Å²) >= 11 is 0. The normalized spacial score (nSPS) is 21.6. The number of ether oxygens (including phenoxy) is 1. The lowest BCUT2D eigenvalue weighted by Crippen LogP contribution is -2.24. The average Bonchev–Trinajstić information content (AvgIpc) is 3.15. The molecule has 0 spiro atoms. The number of Topliss-reactive ketones (excluding diaryl/α,β-unsaturated/α-hetero) is 1. The van der Waals surface area contributed by atoms with Gasteiger partial charge in [0.1, 0.15) is 17.1 Å². The number of pyridine rings is 1. The quantitative estimate of drug-likeness (QED) is 0.567. The van der Waals surface area contributed by atoms with Crippen LogP contribution in [-0.4, -0.2) is 43.4 Å². The van der Waals surface area contributed by atoms with Gasteiger partial charge in [-0.15, -0.1) is 0 Å². The second kappa shape index (κ2) is 8.19. The molecule has 1 aromatic carbocycles. The van der Waals surface area contributed by atoms with Gasteiger partial charge in [0.25, 0.3) is 0 Å². The topological polar surface area (TPSA) is 97.9 Å². The highest BCUT2D eigenvalue weighted by Crippen LogP contribution is 2.31. The van der Waals surface area contributed by atoms with Crippen molar-refractivity contribution in [3.8, 4) is 5.75 Å². The Balaban J connectivity index is 1.61. The van der Waals surface area contributed by atoms with E-state index >= 15 is 0 Å². The number of nitrogens with one attached hydrogen (secondary N) is 1. The van der Waals surface area contributed by atoms with Crippen molar-refractivity contribution < 1.29 is 26.9 Å². The zero-order chi connectivity index (χ0) is 23.1. The van der Waals surface area contributed by atoms with Gasteiger partial charge in [-0.2, -0.15) is 18.3 Å². The third-order valence-electron chi connectivity index (χ3n) is 5.54. The zero-order valence-corrected chi connectivity index (χ0v) is 18.0. The molecule has 0 atom stereocenters. The van der Waals surface area contributed by atoms with Crippen molar-refractivity contribution in [2.24, 2.45) is 0 Å². The molecule has 0 bridgehead atoms. The number of hydrogen-bond donors (Lipinski definition) is 1. The highest BCUT2D eigenvalue weighted by atomic mass is 32.2. The third-order valence-corrected chi connectivity index (χ3v) is 7.33. The van der Waals surface area contributed by atoms with Crippen molar-refractivity contribution in [2.45, 2.75) is 31.5 Å². The summed E-state index contributed by atoms with van der Waals surface area (Å²) in [6, 6.07) is 6.69. The highest BCUT2D eigenvalue weighted by Gasteiger charge is 2.33. The molecule has 2 aromatic heterocycles. The van der Waals surface area contributed by atoms with Crippen LogP contribution in [0.15, 0.2) is 36.5 Å². The van der Waals surface area contributed by atoms with Crippen LogP contribution < -0.4 is 4.74 Å². The molecule has 4 rings (SSSR count). The number of benzene rings is 1. The molecule has 1 fully saturated rings. The number of fused-ring (bicyclic) bond motifs is 1. The monoisotopic (exact) mass is 466 g/mol. The maximum atomic E-state index is 12.9. The largest absolute Gasteiger partial charge is 0.496 e. The fraction of sp³-hybridized carbons (Fsp3) is 0.381. The molecule has 1 saturated heterocycles. The fourth-order valence-electron chi connectivity index (χ4n) is 3.81. The number of halogens is 3. The van der Waals surface area contributed by atoms with E-state index in [9.17, 15) is 22.2 Å². The molecule has 0 unspecified atom stereocenters. The number of ketones is 1. The van der Waals surface area contributed by atoms with E-state index < -0.39 is 27.4 Å². The van der Waals surface area contributed by atoms with Crippen LogP contribution >= 0.6 is 0 Å². The van der Waals surface area contributed by atoms with Gasteiger partial charge in [-0.1, -0.05) is 6.07 Å². The number of carbonyl (C=O) groups excluding carboxylic acids is 1. The highest BCUT2D eigenvalue weighted by molar-refractivity contribution is 7.92. The Bertz CT molecular complexity index is 1270. The Morgan fingerprint density at radius 1 is 1.28 bits per heavy atom. The second-order valence-corrected chi connectivity index (χ2v) is 10.2. The Hall–Kier alpha value is -2.95. The standard InChI is InChI=1S/C21H21F3N4O3S/c1-31-19-11-17-14(12-28(27-17)15-5-7-32(25,30)8-6-15)9-13(19)10-18(29)16-3-2-4-20(26-16)21(22,23)24/h2-4,9,11-12,15,25H,5-8,10H2,1H3. The van der Waals surface area contributed by atoms with Gasteiger partial charge in [-0.05, 0) is 31.0 Å². The van der Waals surface area contributed by atoms with Crippen LogP contribution in [0.25, 0.3) is 10.9 Å². The molecule has 1 aliphatic heterocycles. The van der Waals surface area contributed by atoms with Crippen molar-refractivity contribution in [2.75, 3.05) is 18.6 Å². The van der Waals surface area contributed by atoms with Crippen LogP contribution in [0.5, 0.6) is 5.75 Å². The first-order valence-electron chi connectivity index (χ1n) is 9.93. The number of aromatic nitrogens is 3. The first-order valence-corrected chi connectivity index (χ1v) is 11.8. The van der Waals surface area contributed by atoms with Crippen LogP contribution in [0.2, 0.25) is 0 Å². The Labute approximate surface area is 182 Å². The predicted octanol–water partition coefficient (Wildman–Crippen LogP) is 4.27. The minimum absolute atomic E-state index is 0.0349. The molecule has 3 heterocycles. The Morgan fingerprint density at radius 2 is 2.00 bits per heavy atom. The van der Waals surface area contributed by atoms with E-state index in [4.69, 9.17) is 9.52 Å². The molecule has 170 valence electrons. The van der Waals surface area contributed by atoms with Crippen LogP contribution in [0.3, 0.4) is 0 Å². The maximum absolute atomic E-state index is 12.9. The SMILES string of the molecule is COc1cc2nn(C3CCS(=N)(=O)CC3)cc2cc1CC(=O)c1cccc(C(F)(F)F)n1. The number of carbonyl (C=O) groups is 1. The van der Waals surface area contributed by atoms with Gasteiger partial charge in [-0.3, -0.25) is 14.3 Å². The van der Waals surface area contributed by atoms with Crippen molar-refractivity contribution >= 4 is 26.4 Å². The number of hydrogen-bond acceptors (Lipinski definition) is 6. The van der Waals surface area contributed by atoms with Gasteiger partial charge >= 0.3 is 6.18 Å². The summed E-state index contributed by atoms with van der Waals surface area (Å²) in [5, 5.41) is 5.32. The molecule has 1 N–H and O–H groups in total. The molecular weight excluding hydrogens is 445 g/mol. The molecule has 7 nitrogen and oxygen atoms in total. The molecular formula is C21H21F3N4O3S. The second-order valence-electron chi connectivity index (χ2n) is 7.79. The summed E-state index contributed by atoms with van der Waals surface area (Å²) in [6.45, 7) is 0. The van der Waals surface area contributed by atoms with Gasteiger partial charge in [0, 0.05) is 50.9 Å². The smallest absolute Gasteiger partial charge is 0.433 e. The van der Waals surface area contributed by atoms with Crippen molar-refractivity contribution in [1.29, 1.82) is 4.78 Å². The summed E-state index contributed by atoms with van der Waals surface area (Å²) in [5.41, 5.74) is -0.219. The molecule has 0 saturated carbocycles. The van der Waals surface area contributed by atoms with Gasteiger partial charge in [0.05, 0.1) is 18.7 Å². The Kier molecular flexibility index (Phi) is 5.70. The summed E-state index contributed by atoms with van der Waals surface area (Å²) in [4.78, 5) is 16.1. The van der Waals surface area contributed by atoms with Gasteiger partial charge in [0.15, 0.2) is 5.78 Å². The fourth-order valence-corrected chi connectivity index (χ4v) is 5.32. The van der Waals surface area contributed by atoms with Crippen molar-refractivity contribution in [3.05, 3.63) is 53.5 Å². The van der Waals surface area contributed by atoms with Gasteiger partial charge in [-0.25, -0.2) is 9.19 Å². The molecule has 11 heteroatoms. The summed E-state index contributed by atoms with van der Waals surface area (Å²) in [5.74, 6) is 0.515. The van der Waals surface area contributed by atoms with E-state index in [0.29, 0.717) is 41.2 Å². The number of alkyl halides is 3. The van der Waals surface area contributed by atoms with Crippen LogP contribution in [0.4, 0.5) is 13.2 Å². The Morgan fingerprint density at radius 3 is 2.66 bits per heavy atom. The molecule has 0 aliphatic carbocycles. The van der Waals surface area contributed by atoms with Crippen molar-refractivity contribution in [1.82, 2.24) is 14.8 Å². The minimum Gasteiger partial charge on any atom is -0.496 e. The van der Waals surface area contributed by atoms with Crippen molar-refractivity contribution in [3.63, 3.8) is 0 Å². The first-order chi connectivity index (χ1) is 15.1. The van der Waals surface area contributed by atoms with Crippen LogP contribution in [0, 0.1) is 4.78 Å². The minimum atomic E-state index is -4.63. The maximum Gasteiger partial charge on any atom is 0.433 e. The van der Waals surface area contributed by atoms with E-state index in [0.717, 1.165) is 17.5 Å². The summed E-state index contributed by atoms with van der Waals surface area (Å²) in [6.07, 6.45) is -1.79. The van der Waals surface area contributed by atoms with E-state index in [2.05, 4.69) is 10.1 Å². The van der Waals surface area contributed by atoms with E-state index in [1.807, 2.05) is 6.20 Å². The van der Waals surface area contributed by atoms with E-state index in [-0.39, 0.29) is 18.2 Å². The summed E-state index contributed by atoms with van der Waals surface area (Å²) in [7, 11) is -1.05. The first kappa shape index (κ1) is 22.3. The van der Waals surface area contributed by atoms with Gasteiger partial charge < -0.3 is 4.74 Å². The zero-order valence-electron chi connectivity index (χ0n) is 17.2. The lowest BCUT2D eigenvalue weighted by atomic mass is 10.0. The molecule has 3 aromatic rings. The van der Waals surface area contributed by atoms with Crippen LogP contribution in [-0.2, 0) is 22.3 Å². The number of nitrogens with zero attached hydrogens (tertiary/aromatic N) is 3. The summed E-state index contributed by atoms with van der Waals surface area (Å²) < 4.78 is 65.6. The molecule has 32 heavy (non-hydrogen) atoms. The van der Waals surface area contributed by atoms with Crippen LogP contribution in [0.1, 0.15) is 40.6 Å². The predicted molar refractivity (Wildman–Crippen MR) is 112 cm³/mol. The molecule has 1 aliphatic rings. The van der Waals surface area contributed by atoms with Gasteiger partial charge in [0.2, 0.25) is 0 Å². The average molecular weight is 466 g/mol. The number of rotatable bonds is 5. The lowest BCUT2D eigenvalue weighted by molar-refractivity contribution is -0.141.